The van der Waals surface area contributed by atoms with Crippen LogP contribution in [-0.2, 0) is 0 Å². The SMILES string of the molecule is COc1cc(OC)cc(C2SCCN2C(=O)Nc2ccc(Cl)c(Cl)c2)c1. The summed E-state index contributed by atoms with van der Waals surface area (Å²) in [5.41, 5.74) is 1.55. The molecule has 1 N–H and O–H groups in total. The predicted molar refractivity (Wildman–Crippen MR) is 107 cm³/mol. The van der Waals surface area contributed by atoms with E-state index in [1.807, 2.05) is 18.2 Å². The number of hydrogen-bond donors (Lipinski definition) is 1. The lowest BCUT2D eigenvalue weighted by atomic mass is 10.2. The van der Waals surface area contributed by atoms with Crippen LogP contribution in [0, 0.1) is 0 Å². The summed E-state index contributed by atoms with van der Waals surface area (Å²) >= 11 is 13.6. The normalized spacial score (nSPS) is 16.5. The molecular weight excluding hydrogens is 395 g/mol. The van der Waals surface area contributed by atoms with E-state index >= 15 is 0 Å². The van der Waals surface area contributed by atoms with E-state index in [9.17, 15) is 4.79 Å². The molecule has 0 aromatic heterocycles. The molecule has 3 rings (SSSR count). The highest BCUT2D eigenvalue weighted by Crippen LogP contribution is 2.41. The van der Waals surface area contributed by atoms with Gasteiger partial charge in [0, 0.05) is 24.1 Å². The molecule has 0 bridgehead atoms. The van der Waals surface area contributed by atoms with Gasteiger partial charge in [-0.2, -0.15) is 0 Å². The monoisotopic (exact) mass is 412 g/mol. The average molecular weight is 413 g/mol. The summed E-state index contributed by atoms with van der Waals surface area (Å²) in [5, 5.41) is 3.60. The molecule has 8 heteroatoms. The Hall–Kier alpha value is -1.76. The summed E-state index contributed by atoms with van der Waals surface area (Å²) in [6.07, 6.45) is 0. The van der Waals surface area contributed by atoms with E-state index in [-0.39, 0.29) is 11.4 Å². The van der Waals surface area contributed by atoms with Gasteiger partial charge in [-0.05, 0) is 35.9 Å². The minimum absolute atomic E-state index is 0.123. The van der Waals surface area contributed by atoms with Gasteiger partial charge in [0.2, 0.25) is 0 Å². The van der Waals surface area contributed by atoms with Gasteiger partial charge in [-0.25, -0.2) is 4.79 Å². The van der Waals surface area contributed by atoms with Crippen molar-refractivity contribution >= 4 is 46.7 Å². The Bertz CT molecular complexity index is 797. The summed E-state index contributed by atoms with van der Waals surface area (Å²) in [6, 6.07) is 10.5. The van der Waals surface area contributed by atoms with Gasteiger partial charge in [-0.1, -0.05) is 23.2 Å². The number of rotatable bonds is 4. The van der Waals surface area contributed by atoms with Crippen molar-refractivity contribution in [1.29, 1.82) is 0 Å². The fourth-order valence-electron chi connectivity index (χ4n) is 2.70. The van der Waals surface area contributed by atoms with Gasteiger partial charge in [0.1, 0.15) is 16.9 Å². The van der Waals surface area contributed by atoms with Crippen LogP contribution >= 0.6 is 35.0 Å². The molecule has 1 fully saturated rings. The first-order valence-corrected chi connectivity index (χ1v) is 9.69. The number of methoxy groups -OCH3 is 2. The molecule has 1 aliphatic heterocycles. The van der Waals surface area contributed by atoms with Crippen molar-refractivity contribution in [3.63, 3.8) is 0 Å². The fraction of sp³-hybridized carbons (Fsp3) is 0.278. The molecule has 1 saturated heterocycles. The van der Waals surface area contributed by atoms with E-state index in [0.29, 0.717) is 33.8 Å². The van der Waals surface area contributed by atoms with Gasteiger partial charge in [0.25, 0.3) is 0 Å². The number of hydrogen-bond acceptors (Lipinski definition) is 4. The zero-order valence-corrected chi connectivity index (χ0v) is 16.6. The third-order valence-corrected chi connectivity index (χ3v) is 5.98. The number of benzene rings is 2. The first-order valence-electron chi connectivity index (χ1n) is 7.89. The lowest BCUT2D eigenvalue weighted by Crippen LogP contribution is -2.34. The van der Waals surface area contributed by atoms with E-state index in [0.717, 1.165) is 11.3 Å². The molecule has 138 valence electrons. The highest BCUT2D eigenvalue weighted by molar-refractivity contribution is 7.99. The highest BCUT2D eigenvalue weighted by atomic mass is 35.5. The molecule has 0 spiro atoms. The highest BCUT2D eigenvalue weighted by Gasteiger charge is 2.31. The van der Waals surface area contributed by atoms with E-state index in [1.165, 1.54) is 0 Å². The lowest BCUT2D eigenvalue weighted by molar-refractivity contribution is 0.214. The summed E-state index contributed by atoms with van der Waals surface area (Å²) in [5.74, 6) is 2.23. The fourth-order valence-corrected chi connectivity index (χ4v) is 4.23. The molecule has 0 radical (unpaired) electrons. The minimum atomic E-state index is -0.194. The Morgan fingerprint density at radius 1 is 1.12 bits per heavy atom. The standard InChI is InChI=1S/C18H18Cl2N2O3S/c1-24-13-7-11(8-14(10-13)25-2)17-22(5-6-26-17)18(23)21-12-3-4-15(19)16(20)9-12/h3-4,7-10,17H,5-6H2,1-2H3,(H,21,23). The number of nitrogens with one attached hydrogen (secondary N) is 1. The number of urea groups is 1. The second-order valence-electron chi connectivity index (χ2n) is 5.62. The molecule has 0 aliphatic carbocycles. The molecule has 0 saturated carbocycles. The van der Waals surface area contributed by atoms with Gasteiger partial charge in [-0.3, -0.25) is 0 Å². The maximum absolute atomic E-state index is 12.8. The molecule has 2 aromatic rings. The molecule has 1 unspecified atom stereocenters. The van der Waals surface area contributed by atoms with E-state index in [2.05, 4.69) is 5.32 Å². The minimum Gasteiger partial charge on any atom is -0.497 e. The molecule has 1 heterocycles. The zero-order chi connectivity index (χ0) is 18.7. The van der Waals surface area contributed by atoms with Crippen LogP contribution in [-0.4, -0.2) is 37.4 Å². The van der Waals surface area contributed by atoms with Crippen molar-refractivity contribution in [3.8, 4) is 11.5 Å². The number of ether oxygens (including phenoxy) is 2. The summed E-state index contributed by atoms with van der Waals surface area (Å²) in [6.45, 7) is 0.641. The molecule has 1 aliphatic rings. The van der Waals surface area contributed by atoms with Crippen LogP contribution in [0.5, 0.6) is 11.5 Å². The molecule has 5 nitrogen and oxygen atoms in total. The summed E-state index contributed by atoms with van der Waals surface area (Å²) < 4.78 is 10.7. The Morgan fingerprint density at radius 3 is 2.42 bits per heavy atom. The number of thioether (sulfide) groups is 1. The van der Waals surface area contributed by atoms with Gasteiger partial charge < -0.3 is 19.7 Å². The second-order valence-corrected chi connectivity index (χ2v) is 7.62. The Morgan fingerprint density at radius 2 is 1.81 bits per heavy atom. The molecule has 26 heavy (non-hydrogen) atoms. The quantitative estimate of drug-likeness (QED) is 0.740. The topological polar surface area (TPSA) is 50.8 Å². The first kappa shape index (κ1) is 19.0. The van der Waals surface area contributed by atoms with Gasteiger partial charge in [-0.15, -0.1) is 11.8 Å². The molecule has 1 atom stereocenters. The van der Waals surface area contributed by atoms with Crippen LogP contribution in [0.4, 0.5) is 10.5 Å². The van der Waals surface area contributed by atoms with Crippen LogP contribution in [0.1, 0.15) is 10.9 Å². The Labute approximate surface area is 166 Å². The summed E-state index contributed by atoms with van der Waals surface area (Å²) in [7, 11) is 3.21. The lowest BCUT2D eigenvalue weighted by Gasteiger charge is -2.25. The number of halogens is 2. The Kier molecular flexibility index (Phi) is 6.06. The zero-order valence-electron chi connectivity index (χ0n) is 14.3. The molecular formula is C18H18Cl2N2O3S. The van der Waals surface area contributed by atoms with Crippen LogP contribution in [0.25, 0.3) is 0 Å². The number of carbonyl (C=O) groups excluding carboxylic acids is 1. The largest absolute Gasteiger partial charge is 0.497 e. The van der Waals surface area contributed by atoms with Crippen molar-refractivity contribution in [1.82, 2.24) is 4.90 Å². The molecule has 2 aromatic carbocycles. The number of amides is 2. The van der Waals surface area contributed by atoms with Crippen LogP contribution in [0.3, 0.4) is 0 Å². The van der Waals surface area contributed by atoms with Crippen LogP contribution < -0.4 is 14.8 Å². The number of nitrogens with zero attached hydrogens (tertiary/aromatic N) is 1. The first-order chi connectivity index (χ1) is 12.5. The van der Waals surface area contributed by atoms with Crippen molar-refractivity contribution < 1.29 is 14.3 Å². The van der Waals surface area contributed by atoms with Gasteiger partial charge >= 0.3 is 6.03 Å². The third-order valence-electron chi connectivity index (χ3n) is 3.98. The van der Waals surface area contributed by atoms with Crippen molar-refractivity contribution in [2.24, 2.45) is 0 Å². The predicted octanol–water partition coefficient (Wildman–Crippen LogP) is 5.29. The maximum Gasteiger partial charge on any atom is 0.323 e. The maximum atomic E-state index is 12.8. The second kappa shape index (κ2) is 8.29. The smallest absolute Gasteiger partial charge is 0.323 e. The van der Waals surface area contributed by atoms with E-state index in [4.69, 9.17) is 32.7 Å². The van der Waals surface area contributed by atoms with E-state index < -0.39 is 0 Å². The van der Waals surface area contributed by atoms with Crippen molar-refractivity contribution in [2.45, 2.75) is 5.37 Å². The summed E-state index contributed by atoms with van der Waals surface area (Å²) in [4.78, 5) is 14.5. The van der Waals surface area contributed by atoms with E-state index in [1.54, 1.807) is 49.1 Å². The van der Waals surface area contributed by atoms with Crippen LogP contribution in [0.2, 0.25) is 10.0 Å². The van der Waals surface area contributed by atoms with Crippen LogP contribution in [0.15, 0.2) is 36.4 Å². The number of carbonyl (C=O) groups is 1. The van der Waals surface area contributed by atoms with Crippen molar-refractivity contribution in [2.75, 3.05) is 31.8 Å². The Balaban J connectivity index is 1.81. The third kappa shape index (κ3) is 4.14. The van der Waals surface area contributed by atoms with Gasteiger partial charge in [0.05, 0.1) is 24.3 Å². The van der Waals surface area contributed by atoms with Gasteiger partial charge in [0.15, 0.2) is 0 Å². The average Bonchev–Trinajstić information content (AvgIpc) is 3.14. The molecule has 2 amide bonds. The number of anilines is 1. The van der Waals surface area contributed by atoms with Crippen molar-refractivity contribution in [3.05, 3.63) is 52.0 Å².